The molecule has 20 heavy (non-hydrogen) atoms. The Kier molecular flexibility index (Phi) is 5.34. The van der Waals surface area contributed by atoms with Crippen LogP contribution in [-0.2, 0) is 9.53 Å². The van der Waals surface area contributed by atoms with Crippen LogP contribution in [0.5, 0.6) is 0 Å². The third-order valence-corrected chi connectivity index (χ3v) is 3.15. The van der Waals surface area contributed by atoms with Gasteiger partial charge in [-0.05, 0) is 31.3 Å². The van der Waals surface area contributed by atoms with Crippen molar-refractivity contribution in [1.29, 1.82) is 0 Å². The van der Waals surface area contributed by atoms with Gasteiger partial charge in [0, 0.05) is 31.0 Å². The summed E-state index contributed by atoms with van der Waals surface area (Å²) in [6, 6.07) is 7.61. The Morgan fingerprint density at radius 1 is 1.35 bits per heavy atom. The minimum Gasteiger partial charge on any atom is -0.390 e. The molecule has 0 radical (unpaired) electrons. The molecule has 1 atom stereocenters. The number of aliphatic hydroxyl groups excluding tert-OH is 1. The zero-order valence-corrected chi connectivity index (χ0v) is 11.6. The molecule has 1 fully saturated rings. The lowest BCUT2D eigenvalue weighted by Crippen LogP contribution is -2.41. The van der Waals surface area contributed by atoms with Gasteiger partial charge in [-0.1, -0.05) is 0 Å². The van der Waals surface area contributed by atoms with Crippen LogP contribution in [0, 0.1) is 0 Å². The van der Waals surface area contributed by atoms with Crippen LogP contribution in [0.2, 0.25) is 0 Å². The Hall–Kier alpha value is -1.63. The van der Waals surface area contributed by atoms with E-state index in [0.717, 1.165) is 11.4 Å². The first-order valence-electron chi connectivity index (χ1n) is 6.75. The van der Waals surface area contributed by atoms with Gasteiger partial charge in [0.05, 0.1) is 12.7 Å². The Labute approximate surface area is 118 Å². The highest BCUT2D eigenvalue weighted by molar-refractivity contribution is 5.94. The summed E-state index contributed by atoms with van der Waals surface area (Å²) >= 11 is 0. The Balaban J connectivity index is 1.90. The Morgan fingerprint density at radius 3 is 2.75 bits per heavy atom. The highest BCUT2D eigenvalue weighted by Crippen LogP contribution is 2.19. The van der Waals surface area contributed by atoms with Crippen LogP contribution in [0.25, 0.3) is 0 Å². The zero-order valence-electron chi connectivity index (χ0n) is 11.6. The number of anilines is 2. The van der Waals surface area contributed by atoms with E-state index < -0.39 is 6.10 Å². The molecule has 0 bridgehead atoms. The first-order valence-corrected chi connectivity index (χ1v) is 6.75. The number of ether oxygens (including phenoxy) is 1. The molecule has 0 unspecified atom stereocenters. The normalized spacial score (nSPS) is 17.1. The minimum absolute atomic E-state index is 0.0126. The van der Waals surface area contributed by atoms with Crippen LogP contribution in [0.3, 0.4) is 0 Å². The van der Waals surface area contributed by atoms with Crippen molar-refractivity contribution in [3.63, 3.8) is 0 Å². The van der Waals surface area contributed by atoms with Gasteiger partial charge in [-0.15, -0.1) is 0 Å². The fourth-order valence-corrected chi connectivity index (χ4v) is 2.09. The summed E-state index contributed by atoms with van der Waals surface area (Å²) in [6.07, 6.45) is -0.430. The summed E-state index contributed by atoms with van der Waals surface area (Å²) in [6.45, 7) is 2.34. The molecule has 2 rings (SSSR count). The average molecular weight is 279 g/mol. The lowest BCUT2D eigenvalue weighted by atomic mass is 10.2. The van der Waals surface area contributed by atoms with Crippen LogP contribution in [0.4, 0.5) is 11.4 Å². The van der Waals surface area contributed by atoms with E-state index in [9.17, 15) is 9.90 Å². The van der Waals surface area contributed by atoms with Gasteiger partial charge in [0.2, 0.25) is 0 Å². The highest BCUT2D eigenvalue weighted by Gasteiger charge is 2.19. The van der Waals surface area contributed by atoms with Gasteiger partial charge < -0.3 is 25.4 Å². The second-order valence-electron chi connectivity index (χ2n) is 4.74. The molecule has 0 aromatic heterocycles. The number of morpholine rings is 1. The predicted molar refractivity (Wildman–Crippen MR) is 78.0 cm³/mol. The third-order valence-electron chi connectivity index (χ3n) is 3.15. The fourth-order valence-electron chi connectivity index (χ4n) is 2.09. The number of likely N-dealkylation sites (N-methyl/N-ethyl adjacent to an activating group) is 1. The van der Waals surface area contributed by atoms with Crippen LogP contribution < -0.4 is 15.5 Å². The molecule has 3 N–H and O–H groups in total. The van der Waals surface area contributed by atoms with E-state index in [1.165, 1.54) is 0 Å². The van der Waals surface area contributed by atoms with E-state index in [-0.39, 0.29) is 12.5 Å². The number of benzene rings is 1. The number of hydrogen-bond donors (Lipinski definition) is 3. The summed E-state index contributed by atoms with van der Waals surface area (Å²) in [4.78, 5) is 13.4. The topological polar surface area (TPSA) is 73.8 Å². The summed E-state index contributed by atoms with van der Waals surface area (Å²) in [5, 5.41) is 15.7. The largest absolute Gasteiger partial charge is 0.390 e. The van der Waals surface area contributed by atoms with Crippen LogP contribution in [-0.4, -0.2) is 57.0 Å². The van der Waals surface area contributed by atoms with Gasteiger partial charge in [-0.2, -0.15) is 0 Å². The van der Waals surface area contributed by atoms with Gasteiger partial charge in [-0.3, -0.25) is 4.79 Å². The molecule has 6 nitrogen and oxygen atoms in total. The lowest BCUT2D eigenvalue weighted by molar-refractivity contribution is -0.125. The Morgan fingerprint density at radius 2 is 2.10 bits per heavy atom. The van der Waals surface area contributed by atoms with E-state index in [1.807, 2.05) is 24.3 Å². The van der Waals surface area contributed by atoms with Gasteiger partial charge in [0.1, 0.15) is 6.61 Å². The third kappa shape index (κ3) is 3.93. The van der Waals surface area contributed by atoms with E-state index in [1.54, 1.807) is 11.9 Å². The van der Waals surface area contributed by atoms with Crippen molar-refractivity contribution < 1.29 is 14.6 Å². The maximum atomic E-state index is 11.7. The zero-order chi connectivity index (χ0) is 14.4. The van der Waals surface area contributed by atoms with Gasteiger partial charge in [-0.25, -0.2) is 0 Å². The number of hydrogen-bond acceptors (Lipinski definition) is 5. The number of carbonyl (C=O) groups excluding carboxylic acids is 1. The predicted octanol–water partition coefficient (Wildman–Crippen LogP) is 0.0420. The quantitative estimate of drug-likeness (QED) is 0.686. The second kappa shape index (κ2) is 7.23. The maximum absolute atomic E-state index is 11.7. The van der Waals surface area contributed by atoms with Gasteiger partial charge in [0.15, 0.2) is 0 Å². The summed E-state index contributed by atoms with van der Waals surface area (Å²) in [5.74, 6) is -0.0126. The summed E-state index contributed by atoms with van der Waals surface area (Å²) < 4.78 is 5.11. The van der Waals surface area contributed by atoms with Crippen molar-refractivity contribution >= 4 is 17.3 Å². The monoisotopic (exact) mass is 279 g/mol. The maximum Gasteiger partial charge on any atom is 0.253 e. The van der Waals surface area contributed by atoms with Gasteiger partial charge >= 0.3 is 0 Å². The first kappa shape index (κ1) is 14.8. The molecule has 1 aromatic carbocycles. The van der Waals surface area contributed by atoms with E-state index in [0.29, 0.717) is 26.2 Å². The molecule has 0 spiro atoms. The average Bonchev–Trinajstić information content (AvgIpc) is 2.47. The smallest absolute Gasteiger partial charge is 0.253 e. The standard InChI is InChI=1S/C14H21N3O3/c1-15-8-13(18)9-16-11-2-4-12(5-3-11)17-6-7-20-10-14(17)19/h2-5,13,15-16,18H,6-10H2,1H3/t13-/m0/s1. The summed E-state index contributed by atoms with van der Waals surface area (Å²) in [5.41, 5.74) is 1.80. The molecule has 1 heterocycles. The van der Waals surface area contributed by atoms with Crippen LogP contribution in [0.15, 0.2) is 24.3 Å². The van der Waals surface area contributed by atoms with Gasteiger partial charge in [0.25, 0.3) is 5.91 Å². The van der Waals surface area contributed by atoms with E-state index in [4.69, 9.17) is 4.74 Å². The van der Waals surface area contributed by atoms with Crippen molar-refractivity contribution in [2.75, 3.05) is 50.1 Å². The molecule has 110 valence electrons. The first-order chi connectivity index (χ1) is 9.70. The molecule has 1 amide bonds. The number of aliphatic hydroxyl groups is 1. The highest BCUT2D eigenvalue weighted by atomic mass is 16.5. The fraction of sp³-hybridized carbons (Fsp3) is 0.500. The number of nitrogens with zero attached hydrogens (tertiary/aromatic N) is 1. The second-order valence-corrected chi connectivity index (χ2v) is 4.74. The van der Waals surface area contributed by atoms with Crippen LogP contribution in [0.1, 0.15) is 0 Å². The number of nitrogens with one attached hydrogen (secondary N) is 2. The molecule has 1 aromatic rings. The molecule has 1 aliphatic rings. The molecule has 0 saturated carbocycles. The molecular weight excluding hydrogens is 258 g/mol. The minimum atomic E-state index is -0.430. The molecule has 6 heteroatoms. The Bertz CT molecular complexity index is 436. The summed E-state index contributed by atoms with van der Waals surface area (Å²) in [7, 11) is 1.80. The molecule has 1 aliphatic heterocycles. The van der Waals surface area contributed by atoms with Crippen molar-refractivity contribution in [2.45, 2.75) is 6.10 Å². The SMILES string of the molecule is CNC[C@H](O)CNc1ccc(N2CCOCC2=O)cc1. The lowest BCUT2D eigenvalue weighted by Gasteiger charge is -2.27. The van der Waals surface area contributed by atoms with E-state index in [2.05, 4.69) is 10.6 Å². The van der Waals surface area contributed by atoms with Crippen molar-refractivity contribution in [3.05, 3.63) is 24.3 Å². The molecular formula is C14H21N3O3. The number of carbonyl (C=O) groups is 1. The van der Waals surface area contributed by atoms with Crippen molar-refractivity contribution in [2.24, 2.45) is 0 Å². The van der Waals surface area contributed by atoms with Crippen LogP contribution >= 0.6 is 0 Å². The molecule has 0 aliphatic carbocycles. The van der Waals surface area contributed by atoms with Crippen molar-refractivity contribution in [3.8, 4) is 0 Å². The molecule has 1 saturated heterocycles. The van der Waals surface area contributed by atoms with E-state index >= 15 is 0 Å². The number of amides is 1. The number of rotatable bonds is 6. The van der Waals surface area contributed by atoms with Crippen molar-refractivity contribution in [1.82, 2.24) is 5.32 Å².